The van der Waals surface area contributed by atoms with E-state index in [1.807, 2.05) is 24.3 Å². The molecule has 0 spiro atoms. The Morgan fingerprint density at radius 3 is 1.05 bits per heavy atom. The first kappa shape index (κ1) is 67.2. The van der Waals surface area contributed by atoms with E-state index in [1.165, 1.54) is 22.3 Å². The second-order valence-corrected chi connectivity index (χ2v) is 19.9. The van der Waals surface area contributed by atoms with E-state index in [0.29, 0.717) is 94.1 Å². The van der Waals surface area contributed by atoms with Gasteiger partial charge in [-0.05, 0) is 96.5 Å². The second kappa shape index (κ2) is 30.6. The van der Waals surface area contributed by atoms with Crippen molar-refractivity contribution >= 4 is 23.9 Å². The summed E-state index contributed by atoms with van der Waals surface area (Å²) in [6.07, 6.45) is -3.39. The zero-order valence-electron chi connectivity index (χ0n) is 47.9. The highest BCUT2D eigenvalue weighted by atomic mass is 19.4. The topological polar surface area (TPSA) is 207 Å². The molecule has 24 heteroatoms. The summed E-state index contributed by atoms with van der Waals surface area (Å²) in [5.74, 6) is -0.883. The summed E-state index contributed by atoms with van der Waals surface area (Å²) >= 11 is 0. The van der Waals surface area contributed by atoms with Crippen LogP contribution in [-0.4, -0.2) is 156 Å². The molecule has 2 heterocycles. The van der Waals surface area contributed by atoms with Gasteiger partial charge in [-0.15, -0.1) is 0 Å². The number of esters is 2. The van der Waals surface area contributed by atoms with Crippen molar-refractivity contribution in [1.82, 2.24) is 0 Å². The molecule has 0 fully saturated rings. The number of benzene rings is 4. The number of carboxylic acids is 2. The molecule has 0 saturated heterocycles. The summed E-state index contributed by atoms with van der Waals surface area (Å²) in [5.41, 5.74) is 7.04. The number of nitrogens with zero attached hydrogens (tertiary/aromatic N) is 2. The van der Waals surface area contributed by atoms with Gasteiger partial charge in [0.2, 0.25) is 0 Å². The third-order valence-electron chi connectivity index (χ3n) is 14.7. The van der Waals surface area contributed by atoms with Crippen LogP contribution in [0.1, 0.15) is 84.0 Å². The fraction of sp³-hybridized carbons (Fsp3) is 0.517. The van der Waals surface area contributed by atoms with Crippen LogP contribution in [0.5, 0.6) is 46.0 Å². The third-order valence-corrected chi connectivity index (χ3v) is 14.7. The number of rotatable bonds is 25. The molecule has 0 unspecified atom stereocenters. The van der Waals surface area contributed by atoms with Crippen LogP contribution in [0.15, 0.2) is 60.7 Å². The number of fused-ring (bicyclic) bond motifs is 2. The van der Waals surface area contributed by atoms with Crippen molar-refractivity contribution in [3.8, 4) is 46.0 Å². The summed E-state index contributed by atoms with van der Waals surface area (Å²) in [5, 5.41) is 17.6. The highest BCUT2D eigenvalue weighted by molar-refractivity contribution is 5.71. The number of methoxy groups -OCH3 is 8. The Labute approximate surface area is 473 Å². The number of unbranched alkanes of at least 4 members (excludes halogenated alkanes) is 3. The largest absolute Gasteiger partial charge is 0.542 e. The van der Waals surface area contributed by atoms with E-state index in [0.717, 1.165) is 75.6 Å². The maximum atomic E-state index is 13.2. The molecule has 4 aromatic rings. The zero-order valence-corrected chi connectivity index (χ0v) is 47.9. The van der Waals surface area contributed by atoms with Gasteiger partial charge in [0.05, 0.1) is 123 Å². The normalized spacial score (nSPS) is 18.0. The molecule has 0 aliphatic carbocycles. The Morgan fingerprint density at radius 1 is 0.463 bits per heavy atom. The Balaban J connectivity index is 0.000000914. The molecular weight excluding hydrogens is 1090 g/mol. The quantitative estimate of drug-likeness (QED) is 0.0282. The van der Waals surface area contributed by atoms with Crippen LogP contribution in [0.4, 0.5) is 26.3 Å². The number of carbonyl (C=O) groups is 4. The molecular formula is C58H74F6N2O16. The lowest BCUT2D eigenvalue weighted by Crippen LogP contribution is -2.53. The summed E-state index contributed by atoms with van der Waals surface area (Å²) < 4.78 is 121. The minimum atomic E-state index is -5.19. The number of carboxylic acid groups (broad SMARTS) is 2. The molecule has 82 heavy (non-hydrogen) atoms. The van der Waals surface area contributed by atoms with Crippen molar-refractivity contribution in [2.75, 3.05) is 110 Å². The SMILES string of the molecule is COc1ccc(C[C@@H]2c3cc(OC)c(OC)cc3CC[N@+]2(C)CCC(=O)OCCCCCCOC(=O)CC[N@@+]2(C)CCc3cc(OC)c(OC)cc3[C@H]2Cc2ccc(OC)c(OC)c2)cc1OC.O=C([O-])C(F)(F)F.O=C([O-])C(F)(F)F. The van der Waals surface area contributed by atoms with Crippen LogP contribution in [0.3, 0.4) is 0 Å². The van der Waals surface area contributed by atoms with Gasteiger partial charge in [0.1, 0.15) is 24.0 Å². The standard InChI is InChI=1S/C54H74N2O12.2C2HF3O2/c1-55(23-19-39-33-49(63-7)51(65-9)35-41(39)43(55)29-37-15-17-45(59-3)47(31-37)61-5)25-21-53(57)67-27-13-11-12-14-28-68-54(58)22-26-56(2)24-20-40-34-50(64-8)52(66-10)36-42(40)44(56)30-38-16-18-46(60-4)48(32-38)62-6;2*3-2(4,5)1(6)7/h15-18,31-36,43-44H,11-14,19-30H2,1-10H3;2*(H,6,7)/q+2;;/p-2/t43-,44-,55-,56-;;/m1../s1. The van der Waals surface area contributed by atoms with Crippen molar-refractivity contribution < 1.29 is 112 Å². The number of likely N-dealkylation sites (N-methyl/N-ethyl adjacent to an activating group) is 2. The lowest BCUT2D eigenvalue weighted by Gasteiger charge is -2.46. The van der Waals surface area contributed by atoms with E-state index in [2.05, 4.69) is 50.5 Å². The van der Waals surface area contributed by atoms with Crippen LogP contribution >= 0.6 is 0 Å². The Bertz CT molecular complexity index is 2590. The van der Waals surface area contributed by atoms with Crippen LogP contribution in [0.2, 0.25) is 0 Å². The molecule has 18 nitrogen and oxygen atoms in total. The summed E-state index contributed by atoms with van der Waals surface area (Å²) in [4.78, 5) is 43.9. The fourth-order valence-electron chi connectivity index (χ4n) is 10.1. The first-order valence-electron chi connectivity index (χ1n) is 26.2. The highest BCUT2D eigenvalue weighted by Gasteiger charge is 2.42. The summed E-state index contributed by atoms with van der Waals surface area (Å²) in [6, 6.07) is 20.6. The van der Waals surface area contributed by atoms with E-state index in [-0.39, 0.29) is 24.0 Å². The van der Waals surface area contributed by atoms with E-state index < -0.39 is 24.3 Å². The van der Waals surface area contributed by atoms with Gasteiger partial charge >= 0.3 is 24.3 Å². The number of hydrogen-bond acceptors (Lipinski definition) is 16. The minimum Gasteiger partial charge on any atom is -0.542 e. The number of alkyl halides is 6. The van der Waals surface area contributed by atoms with Gasteiger partial charge in [-0.25, -0.2) is 0 Å². The number of quaternary nitrogens is 2. The predicted octanol–water partition coefficient (Wildman–Crippen LogP) is 7.05. The third kappa shape index (κ3) is 18.6. The average molecular weight is 1170 g/mol. The van der Waals surface area contributed by atoms with Gasteiger partial charge in [0.15, 0.2) is 46.0 Å². The lowest BCUT2D eigenvalue weighted by molar-refractivity contribution is -0.940. The van der Waals surface area contributed by atoms with Gasteiger partial charge in [-0.3, -0.25) is 9.59 Å². The van der Waals surface area contributed by atoms with Crippen molar-refractivity contribution in [3.05, 3.63) is 94.0 Å². The molecule has 454 valence electrons. The molecule has 0 aromatic heterocycles. The van der Waals surface area contributed by atoms with Crippen molar-refractivity contribution in [2.45, 2.75) is 88.6 Å². The molecule has 4 atom stereocenters. The molecule has 0 radical (unpaired) electrons. The predicted molar refractivity (Wildman–Crippen MR) is 282 cm³/mol. The minimum absolute atomic E-state index is 0.0484. The molecule has 0 amide bonds. The first-order valence-corrected chi connectivity index (χ1v) is 26.2. The number of carbonyl (C=O) groups excluding carboxylic acids is 4. The molecule has 2 aliphatic rings. The second-order valence-electron chi connectivity index (χ2n) is 19.9. The maximum absolute atomic E-state index is 13.2. The highest BCUT2D eigenvalue weighted by Crippen LogP contribution is 2.45. The average Bonchev–Trinajstić information content (AvgIpc) is 2.33. The van der Waals surface area contributed by atoms with E-state index in [4.69, 9.17) is 67.2 Å². The Hall–Kier alpha value is -7.34. The van der Waals surface area contributed by atoms with Gasteiger partial charge in [-0.2, -0.15) is 26.3 Å². The van der Waals surface area contributed by atoms with Crippen molar-refractivity contribution in [2.24, 2.45) is 0 Å². The van der Waals surface area contributed by atoms with Gasteiger partial charge < -0.3 is 76.1 Å². The maximum Gasteiger partial charge on any atom is 0.430 e. The van der Waals surface area contributed by atoms with Gasteiger partial charge in [0.25, 0.3) is 0 Å². The Morgan fingerprint density at radius 2 is 0.756 bits per heavy atom. The monoisotopic (exact) mass is 1170 g/mol. The smallest absolute Gasteiger partial charge is 0.430 e. The molecule has 0 N–H and O–H groups in total. The van der Waals surface area contributed by atoms with Gasteiger partial charge in [-0.1, -0.05) is 12.1 Å². The number of ether oxygens (including phenoxy) is 10. The molecule has 6 rings (SSSR count). The number of halogens is 6. The van der Waals surface area contributed by atoms with Crippen LogP contribution < -0.4 is 48.1 Å². The molecule has 0 saturated carbocycles. The molecule has 0 bridgehead atoms. The lowest BCUT2D eigenvalue weighted by atomic mass is 9.86. The van der Waals surface area contributed by atoms with Crippen molar-refractivity contribution in [3.63, 3.8) is 0 Å². The molecule has 4 aromatic carbocycles. The molecule has 2 aliphatic heterocycles. The summed E-state index contributed by atoms with van der Waals surface area (Å²) in [6.45, 7) is 3.70. The fourth-order valence-corrected chi connectivity index (χ4v) is 10.1. The zero-order chi connectivity index (χ0) is 61.0. The number of hydrogen-bond donors (Lipinski definition) is 0. The van der Waals surface area contributed by atoms with Crippen molar-refractivity contribution in [1.29, 1.82) is 0 Å². The van der Waals surface area contributed by atoms with Gasteiger partial charge in [0, 0.05) is 36.8 Å². The Kier molecular flexibility index (Phi) is 25.1. The van der Waals surface area contributed by atoms with E-state index in [9.17, 15) is 35.9 Å². The number of aliphatic carboxylic acids is 2. The van der Waals surface area contributed by atoms with Crippen LogP contribution in [0.25, 0.3) is 0 Å². The van der Waals surface area contributed by atoms with Crippen LogP contribution in [0, 0.1) is 0 Å². The van der Waals surface area contributed by atoms with E-state index >= 15 is 0 Å². The van der Waals surface area contributed by atoms with Crippen LogP contribution in [-0.2, 0) is 54.3 Å². The summed E-state index contributed by atoms with van der Waals surface area (Å²) in [7, 11) is 17.6. The van der Waals surface area contributed by atoms with E-state index in [1.54, 1.807) is 56.9 Å². The first-order chi connectivity index (χ1) is 38.7.